The minimum atomic E-state index is -0.211. The molecule has 0 aromatic carbocycles. The van der Waals surface area contributed by atoms with E-state index in [1.165, 1.54) is 24.4 Å². The minimum absolute atomic E-state index is 0.211. The molecule has 3 nitrogen and oxygen atoms in total. The fourth-order valence-corrected chi connectivity index (χ4v) is 3.39. The zero-order valence-corrected chi connectivity index (χ0v) is 12.0. The van der Waals surface area contributed by atoms with Gasteiger partial charge in [-0.15, -0.1) is 0 Å². The third kappa shape index (κ3) is 2.34. The van der Waals surface area contributed by atoms with Crippen LogP contribution in [0.5, 0.6) is 0 Å². The molecule has 0 N–H and O–H groups in total. The average molecular weight is 338 g/mol. The van der Waals surface area contributed by atoms with E-state index < -0.39 is 0 Å². The Morgan fingerprint density at radius 1 is 1.60 bits per heavy atom. The molecule has 1 heterocycles. The molecular weight excluding hydrogens is 323 g/mol. The summed E-state index contributed by atoms with van der Waals surface area (Å²) in [4.78, 5) is 4.48. The van der Waals surface area contributed by atoms with Crippen molar-refractivity contribution in [2.75, 3.05) is 7.11 Å². The molecule has 0 bridgehead atoms. The second-order valence-electron chi connectivity index (χ2n) is 4.27. The summed E-state index contributed by atoms with van der Waals surface area (Å²) in [5.41, 5.74) is -0.211. The first-order chi connectivity index (χ1) is 7.16. The van der Waals surface area contributed by atoms with E-state index in [0.29, 0.717) is 5.92 Å². The van der Waals surface area contributed by atoms with Gasteiger partial charge in [-0.1, -0.05) is 13.3 Å². The van der Waals surface area contributed by atoms with Gasteiger partial charge in [0.05, 0.1) is 0 Å². The van der Waals surface area contributed by atoms with Gasteiger partial charge in [-0.25, -0.2) is 4.98 Å². The van der Waals surface area contributed by atoms with Gasteiger partial charge in [0.1, 0.15) is 5.60 Å². The van der Waals surface area contributed by atoms with Gasteiger partial charge in [-0.3, -0.25) is 0 Å². The lowest BCUT2D eigenvalue weighted by Gasteiger charge is -2.36. The van der Waals surface area contributed by atoms with E-state index >= 15 is 0 Å². The van der Waals surface area contributed by atoms with E-state index in [-0.39, 0.29) is 5.60 Å². The predicted molar refractivity (Wildman–Crippen MR) is 68.9 cm³/mol. The zero-order valence-electron chi connectivity index (χ0n) is 8.99. The summed E-state index contributed by atoms with van der Waals surface area (Å²) >= 11 is 3.67. The largest absolute Gasteiger partial charge is 0.370 e. The Labute approximate surface area is 108 Å². The molecule has 0 amide bonds. The van der Waals surface area contributed by atoms with Crippen molar-refractivity contribution in [2.45, 2.75) is 38.2 Å². The monoisotopic (exact) mass is 338 g/mol. The molecule has 1 aliphatic carbocycles. The molecule has 2 atom stereocenters. The van der Waals surface area contributed by atoms with Crippen molar-refractivity contribution in [2.24, 2.45) is 5.92 Å². The fourth-order valence-electron chi connectivity index (χ4n) is 2.37. The Kier molecular flexibility index (Phi) is 3.62. The number of nitrogens with zero attached hydrogens (tertiary/aromatic N) is 2. The summed E-state index contributed by atoms with van der Waals surface area (Å²) in [7, 11) is 1.78. The van der Waals surface area contributed by atoms with Crippen LogP contribution in [0.15, 0.2) is 0 Å². The molecule has 1 aromatic rings. The van der Waals surface area contributed by atoms with E-state index in [4.69, 9.17) is 4.74 Å². The van der Waals surface area contributed by atoms with Gasteiger partial charge in [-0.2, -0.15) is 4.37 Å². The van der Waals surface area contributed by atoms with E-state index in [1.54, 1.807) is 7.11 Å². The number of rotatable bonds is 2. The quantitative estimate of drug-likeness (QED) is 0.777. The molecule has 1 aliphatic rings. The van der Waals surface area contributed by atoms with Crippen LogP contribution in [-0.2, 0) is 10.3 Å². The van der Waals surface area contributed by atoms with Crippen LogP contribution in [0.4, 0.5) is 0 Å². The van der Waals surface area contributed by atoms with Crippen LogP contribution in [0.1, 0.15) is 38.4 Å². The number of methoxy groups -OCH3 is 1. The van der Waals surface area contributed by atoms with E-state index in [0.717, 1.165) is 21.7 Å². The van der Waals surface area contributed by atoms with Gasteiger partial charge >= 0.3 is 0 Å². The van der Waals surface area contributed by atoms with Crippen LogP contribution in [0.3, 0.4) is 0 Å². The van der Waals surface area contributed by atoms with Crippen molar-refractivity contribution in [3.63, 3.8) is 0 Å². The Balaban J connectivity index is 2.27. The second kappa shape index (κ2) is 4.63. The molecule has 15 heavy (non-hydrogen) atoms. The molecule has 5 heteroatoms. The van der Waals surface area contributed by atoms with Gasteiger partial charge in [0, 0.05) is 7.11 Å². The minimum Gasteiger partial charge on any atom is -0.370 e. The fraction of sp³-hybridized carbons (Fsp3) is 0.800. The highest BCUT2D eigenvalue weighted by Gasteiger charge is 2.40. The molecule has 0 aliphatic heterocycles. The van der Waals surface area contributed by atoms with Gasteiger partial charge in [0.15, 0.2) is 8.84 Å². The van der Waals surface area contributed by atoms with Crippen LogP contribution in [-0.4, -0.2) is 16.5 Å². The van der Waals surface area contributed by atoms with E-state index in [2.05, 4.69) is 38.9 Å². The standard InChI is InChI=1S/C10H15IN2OS/c1-7-4-3-5-10(6-7,14-2)8-12-9(11)15-13-8/h7H,3-6H2,1-2H3. The molecule has 0 saturated heterocycles. The Bertz CT molecular complexity index is 344. The number of aromatic nitrogens is 2. The maximum absolute atomic E-state index is 5.73. The molecule has 1 aromatic heterocycles. The maximum atomic E-state index is 5.73. The van der Waals surface area contributed by atoms with E-state index in [1.807, 2.05) is 0 Å². The van der Waals surface area contributed by atoms with Crippen molar-refractivity contribution < 1.29 is 4.74 Å². The van der Waals surface area contributed by atoms with Crippen molar-refractivity contribution in [1.82, 2.24) is 9.36 Å². The van der Waals surface area contributed by atoms with Crippen LogP contribution in [0.2, 0.25) is 0 Å². The molecule has 2 rings (SSSR count). The van der Waals surface area contributed by atoms with Gasteiger partial charge in [0.2, 0.25) is 0 Å². The van der Waals surface area contributed by atoms with Crippen molar-refractivity contribution >= 4 is 34.1 Å². The maximum Gasteiger partial charge on any atom is 0.175 e. The van der Waals surface area contributed by atoms with Crippen LogP contribution < -0.4 is 0 Å². The Morgan fingerprint density at radius 3 is 2.93 bits per heavy atom. The average Bonchev–Trinajstić information content (AvgIpc) is 2.65. The summed E-state index contributed by atoms with van der Waals surface area (Å²) in [5.74, 6) is 1.60. The smallest absolute Gasteiger partial charge is 0.175 e. The van der Waals surface area contributed by atoms with Gasteiger partial charge in [0.25, 0.3) is 0 Å². The lowest BCUT2D eigenvalue weighted by molar-refractivity contribution is -0.0638. The summed E-state index contributed by atoms with van der Waals surface area (Å²) in [6, 6.07) is 0. The summed E-state index contributed by atoms with van der Waals surface area (Å²) in [6.07, 6.45) is 4.62. The normalized spacial score (nSPS) is 31.8. The van der Waals surface area contributed by atoms with E-state index in [9.17, 15) is 0 Å². The van der Waals surface area contributed by atoms with Gasteiger partial charge < -0.3 is 4.74 Å². The topological polar surface area (TPSA) is 35.0 Å². The van der Waals surface area contributed by atoms with Crippen LogP contribution in [0, 0.1) is 8.93 Å². The molecule has 1 fully saturated rings. The highest BCUT2D eigenvalue weighted by molar-refractivity contribution is 14.1. The molecular formula is C10H15IN2OS. The Morgan fingerprint density at radius 2 is 2.40 bits per heavy atom. The van der Waals surface area contributed by atoms with Crippen molar-refractivity contribution in [1.29, 1.82) is 0 Å². The van der Waals surface area contributed by atoms with Gasteiger partial charge in [-0.05, 0) is 59.3 Å². The predicted octanol–water partition coefficient (Wildman–Crippen LogP) is 3.19. The summed E-state index contributed by atoms with van der Waals surface area (Å²) < 4.78 is 11.1. The van der Waals surface area contributed by atoms with Crippen LogP contribution >= 0.6 is 34.1 Å². The summed E-state index contributed by atoms with van der Waals surface area (Å²) in [5, 5.41) is 0. The number of hydrogen-bond acceptors (Lipinski definition) is 4. The van der Waals surface area contributed by atoms with Crippen molar-refractivity contribution in [3.05, 3.63) is 8.84 Å². The molecule has 1 saturated carbocycles. The van der Waals surface area contributed by atoms with Crippen LogP contribution in [0.25, 0.3) is 0 Å². The molecule has 84 valence electrons. The third-order valence-corrected chi connectivity index (χ3v) is 4.49. The highest BCUT2D eigenvalue weighted by atomic mass is 127. The second-order valence-corrected chi connectivity index (χ2v) is 6.78. The number of hydrogen-bond donors (Lipinski definition) is 0. The molecule has 2 unspecified atom stereocenters. The Hall–Kier alpha value is 0.250. The zero-order chi connectivity index (χ0) is 10.9. The number of halogens is 1. The number of ether oxygens (including phenoxy) is 1. The molecule has 0 spiro atoms. The SMILES string of the molecule is COC1(c2nsc(I)n2)CCCC(C)C1. The summed E-state index contributed by atoms with van der Waals surface area (Å²) in [6.45, 7) is 2.28. The molecule has 0 radical (unpaired) electrons. The van der Waals surface area contributed by atoms with Crippen molar-refractivity contribution in [3.8, 4) is 0 Å². The lowest BCUT2D eigenvalue weighted by Crippen LogP contribution is -2.35. The first kappa shape index (κ1) is 11.7. The third-order valence-electron chi connectivity index (χ3n) is 3.16. The first-order valence-corrected chi connectivity index (χ1v) is 7.06. The highest BCUT2D eigenvalue weighted by Crippen LogP contribution is 2.41. The lowest BCUT2D eigenvalue weighted by atomic mass is 9.78. The first-order valence-electron chi connectivity index (χ1n) is 5.21.